The number of aromatic nitrogens is 2. The maximum Gasteiger partial charge on any atom is 0.342 e. The standard InChI is InChI=1S/C24H26N4O4/c1-15(2)22-19(13-25-28-22)24(31)32-14-21(29)27-20-12-8-7-11-18(20)23(30)26-16(3)17-9-5-4-6-10-17/h4-13,15-16H,14H2,1-3H3,(H,25,28)(H,26,30)(H,27,29). The summed E-state index contributed by atoms with van der Waals surface area (Å²) in [4.78, 5) is 37.5. The predicted molar refractivity (Wildman–Crippen MR) is 120 cm³/mol. The number of H-pyrrole nitrogens is 1. The zero-order valence-corrected chi connectivity index (χ0v) is 18.2. The number of hydrogen-bond acceptors (Lipinski definition) is 5. The lowest BCUT2D eigenvalue weighted by Crippen LogP contribution is -2.28. The summed E-state index contributed by atoms with van der Waals surface area (Å²) in [5, 5.41) is 12.2. The van der Waals surface area contributed by atoms with Crippen LogP contribution in [0.3, 0.4) is 0 Å². The number of ether oxygens (including phenoxy) is 1. The van der Waals surface area contributed by atoms with Crippen LogP contribution in [-0.2, 0) is 9.53 Å². The minimum Gasteiger partial charge on any atom is -0.452 e. The molecule has 3 aromatic rings. The van der Waals surface area contributed by atoms with E-state index in [0.29, 0.717) is 22.5 Å². The number of rotatable bonds is 8. The summed E-state index contributed by atoms with van der Waals surface area (Å²) in [6.07, 6.45) is 1.38. The molecular formula is C24H26N4O4. The fourth-order valence-corrected chi connectivity index (χ4v) is 3.18. The number of anilines is 1. The number of nitrogens with zero attached hydrogens (tertiary/aromatic N) is 1. The maximum absolute atomic E-state index is 12.8. The molecule has 0 aliphatic heterocycles. The van der Waals surface area contributed by atoms with E-state index in [2.05, 4.69) is 20.8 Å². The summed E-state index contributed by atoms with van der Waals surface area (Å²) < 4.78 is 5.12. The minimum absolute atomic E-state index is 0.0533. The number of esters is 1. The zero-order chi connectivity index (χ0) is 23.1. The highest BCUT2D eigenvalue weighted by Crippen LogP contribution is 2.19. The SMILES string of the molecule is CC(C)c1[nH]ncc1C(=O)OCC(=O)Nc1ccccc1C(=O)NC(C)c1ccccc1. The molecule has 1 heterocycles. The lowest BCUT2D eigenvalue weighted by molar-refractivity contribution is -0.119. The van der Waals surface area contributed by atoms with Crippen molar-refractivity contribution >= 4 is 23.5 Å². The van der Waals surface area contributed by atoms with Crippen molar-refractivity contribution in [1.29, 1.82) is 0 Å². The van der Waals surface area contributed by atoms with Gasteiger partial charge in [-0.2, -0.15) is 5.10 Å². The van der Waals surface area contributed by atoms with Gasteiger partial charge in [0, 0.05) is 0 Å². The van der Waals surface area contributed by atoms with Gasteiger partial charge in [-0.15, -0.1) is 0 Å². The van der Waals surface area contributed by atoms with Crippen molar-refractivity contribution in [2.24, 2.45) is 0 Å². The van der Waals surface area contributed by atoms with Crippen LogP contribution in [0.1, 0.15) is 64.7 Å². The largest absolute Gasteiger partial charge is 0.452 e. The molecule has 0 fully saturated rings. The first-order chi connectivity index (χ1) is 15.4. The van der Waals surface area contributed by atoms with Crippen molar-refractivity contribution in [2.45, 2.75) is 32.7 Å². The molecule has 0 aliphatic carbocycles. The number of carbonyl (C=O) groups is 3. The number of para-hydroxylation sites is 1. The quantitative estimate of drug-likeness (QED) is 0.467. The normalized spacial score (nSPS) is 11.6. The Hall–Kier alpha value is -3.94. The summed E-state index contributed by atoms with van der Waals surface area (Å²) >= 11 is 0. The molecule has 1 aromatic heterocycles. The Morgan fingerprint density at radius 3 is 2.38 bits per heavy atom. The van der Waals surface area contributed by atoms with Gasteiger partial charge in [-0.3, -0.25) is 14.7 Å². The van der Waals surface area contributed by atoms with Gasteiger partial charge in [0.2, 0.25) is 0 Å². The van der Waals surface area contributed by atoms with Gasteiger partial charge >= 0.3 is 5.97 Å². The van der Waals surface area contributed by atoms with Gasteiger partial charge in [0.25, 0.3) is 11.8 Å². The number of carbonyl (C=O) groups excluding carboxylic acids is 3. The maximum atomic E-state index is 12.8. The molecule has 1 unspecified atom stereocenters. The lowest BCUT2D eigenvalue weighted by Gasteiger charge is -2.16. The van der Waals surface area contributed by atoms with E-state index in [4.69, 9.17) is 4.74 Å². The van der Waals surface area contributed by atoms with E-state index in [-0.39, 0.29) is 17.9 Å². The molecule has 0 saturated heterocycles. The van der Waals surface area contributed by atoms with Crippen LogP contribution in [0.25, 0.3) is 0 Å². The molecule has 3 N–H and O–H groups in total. The number of hydrogen-bond donors (Lipinski definition) is 3. The van der Waals surface area contributed by atoms with Crippen LogP contribution in [0.5, 0.6) is 0 Å². The van der Waals surface area contributed by atoms with Gasteiger partial charge in [0.05, 0.1) is 29.2 Å². The summed E-state index contributed by atoms with van der Waals surface area (Å²) in [7, 11) is 0. The molecule has 32 heavy (non-hydrogen) atoms. The Labute approximate surface area is 186 Å². The van der Waals surface area contributed by atoms with Crippen molar-refractivity contribution < 1.29 is 19.1 Å². The smallest absolute Gasteiger partial charge is 0.342 e. The Morgan fingerprint density at radius 2 is 1.66 bits per heavy atom. The van der Waals surface area contributed by atoms with Crippen LogP contribution >= 0.6 is 0 Å². The average Bonchev–Trinajstić information content (AvgIpc) is 3.29. The summed E-state index contributed by atoms with van der Waals surface area (Å²) in [5.74, 6) is -1.46. The number of aromatic amines is 1. The van der Waals surface area contributed by atoms with Gasteiger partial charge < -0.3 is 15.4 Å². The fourth-order valence-electron chi connectivity index (χ4n) is 3.18. The third-order valence-corrected chi connectivity index (χ3v) is 4.89. The van der Waals surface area contributed by atoms with E-state index in [1.165, 1.54) is 6.20 Å². The van der Waals surface area contributed by atoms with Gasteiger partial charge in [-0.05, 0) is 30.5 Å². The monoisotopic (exact) mass is 434 g/mol. The second-order valence-electron chi connectivity index (χ2n) is 7.63. The summed E-state index contributed by atoms with van der Waals surface area (Å²) in [6.45, 7) is 5.22. The van der Waals surface area contributed by atoms with Crippen molar-refractivity contribution in [3.05, 3.63) is 83.2 Å². The molecule has 8 heteroatoms. The molecule has 8 nitrogen and oxygen atoms in total. The predicted octanol–water partition coefficient (Wildman–Crippen LogP) is 3.82. The molecule has 3 rings (SSSR count). The Morgan fingerprint density at radius 1 is 0.969 bits per heavy atom. The second-order valence-corrected chi connectivity index (χ2v) is 7.63. The van der Waals surface area contributed by atoms with Gasteiger partial charge in [-0.1, -0.05) is 56.3 Å². The van der Waals surface area contributed by atoms with Crippen molar-refractivity contribution in [3.63, 3.8) is 0 Å². The molecule has 2 aromatic carbocycles. The van der Waals surface area contributed by atoms with Crippen molar-refractivity contribution in [2.75, 3.05) is 11.9 Å². The molecule has 1 atom stereocenters. The van der Waals surface area contributed by atoms with Crippen LogP contribution in [-0.4, -0.2) is 34.6 Å². The highest BCUT2D eigenvalue weighted by molar-refractivity contribution is 6.04. The molecule has 0 spiro atoms. The highest BCUT2D eigenvalue weighted by atomic mass is 16.5. The molecule has 166 valence electrons. The number of benzene rings is 2. The Bertz CT molecular complexity index is 1090. The number of nitrogens with one attached hydrogen (secondary N) is 3. The van der Waals surface area contributed by atoms with Gasteiger partial charge in [0.1, 0.15) is 5.56 Å². The Kier molecular flexibility index (Phi) is 7.38. The van der Waals surface area contributed by atoms with Gasteiger partial charge in [-0.25, -0.2) is 4.79 Å². The highest BCUT2D eigenvalue weighted by Gasteiger charge is 2.20. The molecule has 0 bridgehead atoms. The van der Waals surface area contributed by atoms with Crippen molar-refractivity contribution in [1.82, 2.24) is 15.5 Å². The summed E-state index contributed by atoms with van der Waals surface area (Å²) in [6, 6.07) is 16.0. The van der Waals surface area contributed by atoms with E-state index < -0.39 is 18.5 Å². The van der Waals surface area contributed by atoms with Crippen molar-refractivity contribution in [3.8, 4) is 0 Å². The first-order valence-electron chi connectivity index (χ1n) is 10.3. The molecule has 0 saturated carbocycles. The van der Waals surface area contributed by atoms with E-state index in [1.807, 2.05) is 51.1 Å². The minimum atomic E-state index is -0.639. The number of amides is 2. The first-order valence-corrected chi connectivity index (χ1v) is 10.3. The first kappa shape index (κ1) is 22.7. The zero-order valence-electron chi connectivity index (χ0n) is 18.2. The van der Waals surface area contributed by atoms with Crippen LogP contribution in [0.2, 0.25) is 0 Å². The van der Waals surface area contributed by atoms with E-state index in [0.717, 1.165) is 5.56 Å². The molecular weight excluding hydrogens is 408 g/mol. The van der Waals surface area contributed by atoms with E-state index in [1.54, 1.807) is 24.3 Å². The van der Waals surface area contributed by atoms with Crippen LogP contribution in [0, 0.1) is 0 Å². The third kappa shape index (κ3) is 5.60. The average molecular weight is 434 g/mol. The topological polar surface area (TPSA) is 113 Å². The van der Waals surface area contributed by atoms with E-state index in [9.17, 15) is 14.4 Å². The molecule has 2 amide bonds. The Balaban J connectivity index is 1.61. The second kappa shape index (κ2) is 10.4. The fraction of sp³-hybridized carbons (Fsp3) is 0.250. The third-order valence-electron chi connectivity index (χ3n) is 4.89. The lowest BCUT2D eigenvalue weighted by atomic mass is 10.1. The van der Waals surface area contributed by atoms with Crippen LogP contribution in [0.4, 0.5) is 5.69 Å². The summed E-state index contributed by atoms with van der Waals surface area (Å²) in [5.41, 5.74) is 2.55. The molecule has 0 radical (unpaired) electrons. The molecule has 0 aliphatic rings. The van der Waals surface area contributed by atoms with Gasteiger partial charge in [0.15, 0.2) is 6.61 Å². The van der Waals surface area contributed by atoms with Crippen LogP contribution in [0.15, 0.2) is 60.8 Å². The van der Waals surface area contributed by atoms with Crippen LogP contribution < -0.4 is 10.6 Å². The van der Waals surface area contributed by atoms with E-state index >= 15 is 0 Å².